The van der Waals surface area contributed by atoms with Gasteiger partial charge in [-0.1, -0.05) is 6.07 Å². The number of pyridine rings is 2. The molecule has 1 amide bonds. The van der Waals surface area contributed by atoms with Crippen LogP contribution in [0.5, 0.6) is 0 Å². The third-order valence-electron chi connectivity index (χ3n) is 7.29. The van der Waals surface area contributed by atoms with Crippen molar-refractivity contribution in [2.24, 2.45) is 0 Å². The summed E-state index contributed by atoms with van der Waals surface area (Å²) in [6, 6.07) is 18.2. The number of anilines is 2. The molecule has 46 heavy (non-hydrogen) atoms. The molecule has 0 saturated carbocycles. The lowest BCUT2D eigenvalue weighted by atomic mass is 10.0. The van der Waals surface area contributed by atoms with Crippen molar-refractivity contribution in [2.45, 2.75) is 27.7 Å². The van der Waals surface area contributed by atoms with Gasteiger partial charge in [0.25, 0.3) is 5.91 Å². The predicted octanol–water partition coefficient (Wildman–Crippen LogP) is 8.13. The monoisotopic (exact) mass is 618 g/mol. The Bertz CT molecular complexity index is 2200. The maximum Gasteiger partial charge on any atom is 0.262 e. The summed E-state index contributed by atoms with van der Waals surface area (Å²) in [6.07, 6.45) is 3.34. The number of nitrogens with one attached hydrogen (secondary N) is 1. The number of benzene rings is 3. The Hall–Kier alpha value is -5.97. The Morgan fingerprint density at radius 1 is 0.717 bits per heavy atom. The van der Waals surface area contributed by atoms with Crippen molar-refractivity contribution in [1.82, 2.24) is 19.9 Å². The van der Waals surface area contributed by atoms with Crippen molar-refractivity contribution in [3.63, 3.8) is 0 Å². The van der Waals surface area contributed by atoms with Gasteiger partial charge < -0.3 is 19.9 Å². The van der Waals surface area contributed by atoms with Crippen LogP contribution in [0.3, 0.4) is 0 Å². The molecule has 0 fully saturated rings. The predicted molar refractivity (Wildman–Crippen MR) is 172 cm³/mol. The second-order valence-corrected chi connectivity index (χ2v) is 10.7. The van der Waals surface area contributed by atoms with Gasteiger partial charge >= 0.3 is 0 Å². The lowest BCUT2D eigenvalue weighted by Gasteiger charge is -2.09. The van der Waals surface area contributed by atoms with Crippen molar-refractivity contribution in [1.29, 1.82) is 0 Å². The quantitative estimate of drug-likeness (QED) is 0.202. The van der Waals surface area contributed by atoms with Crippen LogP contribution < -0.4 is 11.1 Å². The number of aromatic nitrogens is 4. The number of aryl methyl sites for hydroxylation is 4. The van der Waals surface area contributed by atoms with E-state index in [9.17, 15) is 13.6 Å². The molecule has 0 aliphatic carbocycles. The number of hydrogen-bond acceptors (Lipinski definition) is 8. The van der Waals surface area contributed by atoms with E-state index in [1.165, 1.54) is 6.07 Å². The van der Waals surface area contributed by atoms with Crippen LogP contribution in [0.15, 0.2) is 88.0 Å². The Kier molecular flexibility index (Phi) is 7.97. The number of rotatable bonds is 4. The normalized spacial score (nSPS) is 11.0. The first-order valence-corrected chi connectivity index (χ1v) is 14.2. The summed E-state index contributed by atoms with van der Waals surface area (Å²) in [6.45, 7) is 7.64. The highest BCUT2D eigenvalue weighted by molar-refractivity contribution is 6.04. The number of carbonyl (C=O) groups excluding carboxylic acids is 1. The van der Waals surface area contributed by atoms with E-state index in [-0.39, 0.29) is 5.82 Å². The Labute approximate surface area is 262 Å². The van der Waals surface area contributed by atoms with Crippen LogP contribution in [0.2, 0.25) is 0 Å². The van der Waals surface area contributed by atoms with Gasteiger partial charge in [0.1, 0.15) is 39.9 Å². The van der Waals surface area contributed by atoms with Crippen LogP contribution in [0.25, 0.3) is 44.5 Å². The molecule has 230 valence electrons. The van der Waals surface area contributed by atoms with Crippen LogP contribution in [0, 0.1) is 39.3 Å². The van der Waals surface area contributed by atoms with Gasteiger partial charge in [0, 0.05) is 37.4 Å². The summed E-state index contributed by atoms with van der Waals surface area (Å²) in [7, 11) is 0. The highest BCUT2D eigenvalue weighted by Gasteiger charge is 2.18. The largest absolute Gasteiger partial charge is 0.441 e. The van der Waals surface area contributed by atoms with Gasteiger partial charge in [-0.15, -0.1) is 0 Å². The van der Waals surface area contributed by atoms with Crippen LogP contribution in [-0.4, -0.2) is 25.8 Å². The van der Waals surface area contributed by atoms with Crippen LogP contribution in [0.4, 0.5) is 20.4 Å². The molecule has 7 aromatic rings. The molecule has 0 aliphatic rings. The van der Waals surface area contributed by atoms with Gasteiger partial charge in [-0.2, -0.15) is 0 Å². The molecule has 0 unspecified atom stereocenters. The highest BCUT2D eigenvalue weighted by atomic mass is 19.1. The fourth-order valence-electron chi connectivity index (χ4n) is 5.09. The molecule has 0 aliphatic heterocycles. The molecule has 3 aromatic carbocycles. The number of nitrogens with two attached hydrogens (primary N) is 1. The van der Waals surface area contributed by atoms with E-state index >= 15 is 0 Å². The van der Waals surface area contributed by atoms with Gasteiger partial charge in [0.05, 0.1) is 0 Å². The minimum Gasteiger partial charge on any atom is -0.441 e. The van der Waals surface area contributed by atoms with Crippen LogP contribution >= 0.6 is 0 Å². The van der Waals surface area contributed by atoms with Crippen molar-refractivity contribution in [3.8, 4) is 22.3 Å². The Balaban J connectivity index is 0.000000178. The van der Waals surface area contributed by atoms with E-state index in [1.54, 1.807) is 37.5 Å². The maximum absolute atomic E-state index is 13.7. The molecule has 4 heterocycles. The van der Waals surface area contributed by atoms with Crippen molar-refractivity contribution >= 4 is 39.7 Å². The SMILES string of the molecule is Cc1nc2cc(C)c(-c3ccc(N)nc3)cc2o1.Cc1nc2cc(C)c(-c3ccc(NC(=O)c4c(F)cccc4F)nc3)cc2o1. The first kappa shape index (κ1) is 30.1. The zero-order valence-corrected chi connectivity index (χ0v) is 25.4. The Morgan fingerprint density at radius 2 is 1.24 bits per heavy atom. The average Bonchev–Trinajstić information content (AvgIpc) is 3.56. The van der Waals surface area contributed by atoms with E-state index in [2.05, 4.69) is 32.2 Å². The molecule has 0 radical (unpaired) electrons. The van der Waals surface area contributed by atoms with Gasteiger partial charge in [0.2, 0.25) is 0 Å². The molecule has 4 aromatic heterocycles. The number of oxazole rings is 2. The number of carbonyl (C=O) groups is 1. The standard InChI is InChI=1S/C21H15F2N3O2.C14H13N3O/c1-11-8-17-18(28-12(2)25-17)9-14(11)13-6-7-19(24-10-13)26-21(27)20-15(22)4-3-5-16(20)23;1-8-5-12-13(18-9(2)17-12)6-11(8)10-3-4-14(15)16-7-10/h3-10H,1-2H3,(H,24,26,27);3-7H,1-2H3,(H2,15,16). The summed E-state index contributed by atoms with van der Waals surface area (Å²) < 4.78 is 38.6. The topological polar surface area (TPSA) is 133 Å². The molecule has 3 N–H and O–H groups in total. The molecule has 0 saturated heterocycles. The zero-order valence-electron chi connectivity index (χ0n) is 25.4. The summed E-state index contributed by atoms with van der Waals surface area (Å²) in [5.74, 6) is -0.787. The lowest BCUT2D eigenvalue weighted by molar-refractivity contribution is 0.101. The molecule has 7 rings (SSSR count). The van der Waals surface area contributed by atoms with E-state index in [4.69, 9.17) is 14.6 Å². The summed E-state index contributed by atoms with van der Waals surface area (Å²) in [4.78, 5) is 29.1. The van der Waals surface area contributed by atoms with Crippen molar-refractivity contribution in [3.05, 3.63) is 119 Å². The molecular formula is C35H28F2N6O3. The molecule has 0 bridgehead atoms. The molecule has 11 heteroatoms. The molecule has 0 atom stereocenters. The van der Waals surface area contributed by atoms with E-state index in [0.717, 1.165) is 62.1 Å². The number of fused-ring (bicyclic) bond motifs is 2. The number of nitrogen functional groups attached to an aromatic ring is 1. The van der Waals surface area contributed by atoms with E-state index < -0.39 is 23.1 Å². The van der Waals surface area contributed by atoms with Crippen molar-refractivity contribution < 1.29 is 22.4 Å². The number of hydrogen-bond donors (Lipinski definition) is 2. The van der Waals surface area contributed by atoms with Gasteiger partial charge in [-0.05, 0) is 96.8 Å². The number of amides is 1. The third kappa shape index (κ3) is 6.16. The fourth-order valence-corrected chi connectivity index (χ4v) is 5.09. The Morgan fingerprint density at radius 3 is 1.72 bits per heavy atom. The minimum atomic E-state index is -0.930. The van der Waals surface area contributed by atoms with Crippen molar-refractivity contribution in [2.75, 3.05) is 11.1 Å². The summed E-state index contributed by atoms with van der Waals surface area (Å²) in [5.41, 5.74) is 14.1. The summed E-state index contributed by atoms with van der Waals surface area (Å²) >= 11 is 0. The summed E-state index contributed by atoms with van der Waals surface area (Å²) in [5, 5.41) is 2.41. The minimum absolute atomic E-state index is 0.186. The lowest BCUT2D eigenvalue weighted by Crippen LogP contribution is -2.16. The second kappa shape index (κ2) is 12.2. The first-order chi connectivity index (χ1) is 22.0. The van der Waals surface area contributed by atoms with Crippen LogP contribution in [0.1, 0.15) is 33.3 Å². The number of halogens is 2. The highest BCUT2D eigenvalue weighted by Crippen LogP contribution is 2.30. The maximum atomic E-state index is 13.7. The average molecular weight is 619 g/mol. The van der Waals surface area contributed by atoms with Crippen LogP contribution in [-0.2, 0) is 0 Å². The molecule has 0 spiro atoms. The van der Waals surface area contributed by atoms with Gasteiger partial charge in [-0.25, -0.2) is 28.7 Å². The molecule has 9 nitrogen and oxygen atoms in total. The second-order valence-electron chi connectivity index (χ2n) is 10.7. The zero-order chi connectivity index (χ0) is 32.5. The van der Waals surface area contributed by atoms with E-state index in [1.807, 2.05) is 44.2 Å². The fraction of sp³-hybridized carbons (Fsp3) is 0.114. The number of nitrogens with zero attached hydrogens (tertiary/aromatic N) is 4. The van der Waals surface area contributed by atoms with E-state index in [0.29, 0.717) is 23.2 Å². The molecular weight excluding hydrogens is 590 g/mol. The van der Waals surface area contributed by atoms with Gasteiger partial charge in [0.15, 0.2) is 22.9 Å². The van der Waals surface area contributed by atoms with Gasteiger partial charge in [-0.3, -0.25) is 4.79 Å². The smallest absolute Gasteiger partial charge is 0.262 e. The third-order valence-corrected chi connectivity index (χ3v) is 7.29. The first-order valence-electron chi connectivity index (χ1n) is 14.2.